The van der Waals surface area contributed by atoms with E-state index in [1.165, 1.54) is 16.5 Å². The van der Waals surface area contributed by atoms with Crippen molar-refractivity contribution >= 4 is 23.1 Å². The minimum atomic E-state index is -5.17. The van der Waals surface area contributed by atoms with E-state index in [0.717, 1.165) is 14.7 Å². The third-order valence-electron chi connectivity index (χ3n) is 5.15. The highest BCUT2D eigenvalue weighted by molar-refractivity contribution is 5.77. The van der Waals surface area contributed by atoms with E-state index < -0.39 is 36.2 Å². The van der Waals surface area contributed by atoms with E-state index in [2.05, 4.69) is 10.3 Å². The first kappa shape index (κ1) is 24.5. The maximum Gasteiger partial charge on any atom is 0.491 e. The molecule has 1 aliphatic rings. The summed E-state index contributed by atoms with van der Waals surface area (Å²) in [5.41, 5.74) is -0.417. The van der Waals surface area contributed by atoms with E-state index in [9.17, 15) is 32.7 Å². The summed E-state index contributed by atoms with van der Waals surface area (Å²) < 4.78 is 46.6. The number of halogens is 3. The van der Waals surface area contributed by atoms with Gasteiger partial charge in [-0.15, -0.1) is 0 Å². The molecule has 0 radical (unpaired) electrons. The molecule has 3 rings (SSSR count). The van der Waals surface area contributed by atoms with Crippen molar-refractivity contribution in [3.63, 3.8) is 0 Å². The van der Waals surface area contributed by atoms with Crippen LogP contribution in [0.2, 0.25) is 0 Å². The van der Waals surface area contributed by atoms with Gasteiger partial charge < -0.3 is 24.6 Å². The molecule has 14 heteroatoms. The summed E-state index contributed by atoms with van der Waals surface area (Å²) in [6.07, 6.45) is -4.73. The Balaban J connectivity index is 2.23. The van der Waals surface area contributed by atoms with Gasteiger partial charge in [-0.25, -0.2) is 9.59 Å². The number of piperazine rings is 1. The molecule has 33 heavy (non-hydrogen) atoms. The summed E-state index contributed by atoms with van der Waals surface area (Å²) >= 11 is 0. The number of nitrogens with one attached hydrogen (secondary N) is 1. The van der Waals surface area contributed by atoms with Gasteiger partial charge in [0.15, 0.2) is 17.4 Å². The predicted octanol–water partition coefficient (Wildman–Crippen LogP) is -0.304. The number of aromatic nitrogens is 4. The van der Waals surface area contributed by atoms with Crippen LogP contribution in [0, 0.1) is 0 Å². The molecule has 2 aromatic rings. The Morgan fingerprint density at radius 2 is 2.00 bits per heavy atom. The zero-order chi connectivity index (χ0) is 24.5. The van der Waals surface area contributed by atoms with Crippen LogP contribution in [0.3, 0.4) is 0 Å². The number of hydrogen-bond acceptors (Lipinski definition) is 8. The molecule has 2 N–H and O–H groups in total. The first-order chi connectivity index (χ1) is 15.5. The van der Waals surface area contributed by atoms with Crippen molar-refractivity contribution in [2.75, 3.05) is 31.1 Å². The van der Waals surface area contributed by atoms with Gasteiger partial charge in [0.25, 0.3) is 5.56 Å². The van der Waals surface area contributed by atoms with E-state index in [1.807, 2.05) is 13.8 Å². The van der Waals surface area contributed by atoms with E-state index in [0.29, 0.717) is 6.54 Å². The van der Waals surface area contributed by atoms with E-state index in [4.69, 9.17) is 4.74 Å². The largest absolute Gasteiger partial charge is 0.491 e. The van der Waals surface area contributed by atoms with Crippen LogP contribution in [0.25, 0.3) is 11.2 Å². The van der Waals surface area contributed by atoms with Crippen LogP contribution < -0.4 is 21.5 Å². The number of fused-ring (bicyclic) bond motifs is 1. The quantitative estimate of drug-likeness (QED) is 0.432. The van der Waals surface area contributed by atoms with Gasteiger partial charge in [0, 0.05) is 26.7 Å². The van der Waals surface area contributed by atoms with E-state index in [1.54, 1.807) is 6.08 Å². The minimum Gasteiger partial charge on any atom is -0.433 e. The third kappa shape index (κ3) is 4.80. The van der Waals surface area contributed by atoms with Crippen molar-refractivity contribution in [3.8, 4) is 0 Å². The maximum absolute atomic E-state index is 13.1. The Bertz CT molecular complexity index is 1190. The number of aliphatic hydroxyl groups excluding tert-OH is 1. The summed E-state index contributed by atoms with van der Waals surface area (Å²) in [7, 11) is 1.40. The second kappa shape index (κ2) is 9.39. The van der Waals surface area contributed by atoms with Crippen LogP contribution in [0.1, 0.15) is 13.8 Å². The van der Waals surface area contributed by atoms with Crippen LogP contribution in [-0.4, -0.2) is 68.4 Å². The fourth-order valence-electron chi connectivity index (χ4n) is 3.53. The fourth-order valence-corrected chi connectivity index (χ4v) is 3.53. The van der Waals surface area contributed by atoms with Gasteiger partial charge in [-0.3, -0.25) is 13.9 Å². The monoisotopic (exact) mass is 474 g/mol. The Hall–Kier alpha value is -3.13. The number of nitrogens with zero attached hydrogens (tertiary/aromatic N) is 5. The summed E-state index contributed by atoms with van der Waals surface area (Å²) in [5.74, 6) is -2.26. The number of carbonyl (C=O) groups is 1. The second-order valence-electron chi connectivity index (χ2n) is 7.75. The number of hydrogen-bond donors (Lipinski definition) is 2. The van der Waals surface area contributed by atoms with E-state index in [-0.39, 0.29) is 43.3 Å². The number of imidazole rings is 1. The first-order valence-electron chi connectivity index (χ1n) is 10.2. The van der Waals surface area contributed by atoms with Gasteiger partial charge in [-0.05, 0) is 13.8 Å². The summed E-state index contributed by atoms with van der Waals surface area (Å²) in [6, 6.07) is 0. The summed E-state index contributed by atoms with van der Waals surface area (Å²) in [5, 5.41) is 12.1. The maximum atomic E-state index is 13.1. The highest BCUT2D eigenvalue weighted by Gasteiger charge is 2.44. The van der Waals surface area contributed by atoms with Crippen LogP contribution in [-0.2, 0) is 29.7 Å². The molecular weight excluding hydrogens is 449 g/mol. The van der Waals surface area contributed by atoms with E-state index >= 15 is 0 Å². The molecular formula is C19H25F3N6O5. The number of esters is 1. The molecule has 1 unspecified atom stereocenters. The van der Waals surface area contributed by atoms with Gasteiger partial charge in [-0.2, -0.15) is 18.2 Å². The highest BCUT2D eigenvalue weighted by Crippen LogP contribution is 2.25. The van der Waals surface area contributed by atoms with Gasteiger partial charge in [0.1, 0.15) is 0 Å². The second-order valence-corrected chi connectivity index (χ2v) is 7.75. The molecule has 0 spiro atoms. The van der Waals surface area contributed by atoms with Gasteiger partial charge in [0.2, 0.25) is 5.95 Å². The summed E-state index contributed by atoms with van der Waals surface area (Å²) in [4.78, 5) is 43.0. The van der Waals surface area contributed by atoms with Crippen molar-refractivity contribution in [1.29, 1.82) is 0 Å². The topological polar surface area (TPSA) is 124 Å². The average molecular weight is 474 g/mol. The lowest BCUT2D eigenvalue weighted by Gasteiger charge is -2.36. The van der Waals surface area contributed by atoms with Crippen LogP contribution in [0.4, 0.5) is 19.1 Å². The van der Waals surface area contributed by atoms with Crippen LogP contribution >= 0.6 is 0 Å². The number of rotatable bonds is 6. The van der Waals surface area contributed by atoms with Crippen molar-refractivity contribution < 1.29 is 27.8 Å². The number of anilines is 1. The third-order valence-corrected chi connectivity index (χ3v) is 5.15. The van der Waals surface area contributed by atoms with Crippen molar-refractivity contribution in [3.05, 3.63) is 32.5 Å². The summed E-state index contributed by atoms with van der Waals surface area (Å²) in [6.45, 7) is 3.51. The molecule has 0 aromatic carbocycles. The molecule has 3 heterocycles. The van der Waals surface area contributed by atoms with Gasteiger partial charge in [0.05, 0.1) is 19.7 Å². The predicted molar refractivity (Wildman–Crippen MR) is 112 cm³/mol. The van der Waals surface area contributed by atoms with Gasteiger partial charge in [-0.1, -0.05) is 11.6 Å². The molecule has 182 valence electrons. The fraction of sp³-hybridized carbons (Fsp3) is 0.579. The van der Waals surface area contributed by atoms with Crippen molar-refractivity contribution in [2.24, 2.45) is 7.05 Å². The Morgan fingerprint density at radius 3 is 2.61 bits per heavy atom. The zero-order valence-corrected chi connectivity index (χ0v) is 18.3. The molecule has 0 aliphatic carbocycles. The Labute approximate surface area is 185 Å². The normalized spacial score (nSPS) is 16.8. The average Bonchev–Trinajstić information content (AvgIpc) is 3.13. The number of alkyl halides is 3. The molecule has 1 atom stereocenters. The Kier molecular flexibility index (Phi) is 6.97. The highest BCUT2D eigenvalue weighted by atomic mass is 19.4. The van der Waals surface area contributed by atoms with Crippen LogP contribution in [0.5, 0.6) is 0 Å². The molecule has 0 amide bonds. The number of carbonyl (C=O) groups excluding carboxylic acids is 1. The van der Waals surface area contributed by atoms with Crippen molar-refractivity contribution in [2.45, 2.75) is 39.3 Å². The lowest BCUT2D eigenvalue weighted by Crippen LogP contribution is -2.55. The number of allylic oxidation sites excluding steroid dienone is 2. The lowest BCUT2D eigenvalue weighted by atomic mass is 10.3. The Morgan fingerprint density at radius 1 is 1.30 bits per heavy atom. The molecule has 0 saturated carbocycles. The zero-order valence-electron chi connectivity index (χ0n) is 18.3. The standard InChI is InChI=1S/C19H25F3N6O5/c1-11(2)4-6-27-13-14(25(3)18(32)28(8-9-29)15(13)30)24-17(27)26-7-5-23-10-12(26)33-16(31)19(20,21)22/h4,12,23,29H,5-10H2,1-3H3. The SMILES string of the molecule is CC(C)=CCn1c(N2CCNCC2OC(=O)C(F)(F)F)nc2c1c(=O)n(CCO)c(=O)n2C. The van der Waals surface area contributed by atoms with Crippen molar-refractivity contribution in [1.82, 2.24) is 24.0 Å². The number of ether oxygens (including phenoxy) is 1. The van der Waals surface area contributed by atoms with Crippen LogP contribution in [0.15, 0.2) is 21.2 Å². The first-order valence-corrected chi connectivity index (χ1v) is 10.2. The smallest absolute Gasteiger partial charge is 0.433 e. The minimum absolute atomic E-state index is 0.0239. The molecule has 2 aromatic heterocycles. The molecule has 0 bridgehead atoms. The molecule has 1 saturated heterocycles. The molecule has 1 aliphatic heterocycles. The van der Waals surface area contributed by atoms with Gasteiger partial charge >= 0.3 is 17.8 Å². The molecule has 1 fully saturated rings. The number of aliphatic hydroxyl groups is 1. The number of aryl methyl sites for hydroxylation is 1. The lowest BCUT2D eigenvalue weighted by molar-refractivity contribution is -0.205. The molecule has 11 nitrogen and oxygen atoms in total.